The molecular weight excluding hydrogens is 288 g/mol. The molecule has 1 aromatic heterocycles. The van der Waals surface area contributed by atoms with Crippen molar-refractivity contribution in [3.05, 3.63) is 12.4 Å². The van der Waals surface area contributed by atoms with Gasteiger partial charge in [0.25, 0.3) is 0 Å². The molecule has 0 unspecified atom stereocenters. The number of nitrogens with one attached hydrogen (secondary N) is 2. The van der Waals surface area contributed by atoms with Gasteiger partial charge < -0.3 is 20.5 Å². The van der Waals surface area contributed by atoms with Crippen LogP contribution in [0.5, 0.6) is 0 Å². The minimum absolute atomic E-state index is 0.307. The number of nitrogens with zero attached hydrogens (tertiary/aromatic N) is 2. The van der Waals surface area contributed by atoms with E-state index in [2.05, 4.69) is 20.6 Å². The third kappa shape index (κ3) is 5.68. The fourth-order valence-electron chi connectivity index (χ4n) is 2.24. The van der Waals surface area contributed by atoms with Crippen LogP contribution in [0.15, 0.2) is 12.4 Å². The van der Waals surface area contributed by atoms with Crippen LogP contribution in [-0.4, -0.2) is 58.5 Å². The zero-order valence-corrected chi connectivity index (χ0v) is 13.4. The molecule has 0 aromatic carbocycles. The van der Waals surface area contributed by atoms with E-state index in [4.69, 9.17) is 4.74 Å². The summed E-state index contributed by atoms with van der Waals surface area (Å²) in [6, 6.07) is 2.17. The molecule has 0 bridgehead atoms. The lowest BCUT2D eigenvalue weighted by Gasteiger charge is -2.24. The maximum absolute atomic E-state index is 10.1. The maximum Gasteiger partial charge on any atom is 0.131 e. The van der Waals surface area contributed by atoms with Gasteiger partial charge in [-0.2, -0.15) is 11.8 Å². The lowest BCUT2D eigenvalue weighted by atomic mass is 10.1. The monoisotopic (exact) mass is 312 g/mol. The van der Waals surface area contributed by atoms with Crippen molar-refractivity contribution < 1.29 is 9.84 Å². The number of thioether (sulfide) groups is 1. The summed E-state index contributed by atoms with van der Waals surface area (Å²) in [4.78, 5) is 8.41. The number of aromatic nitrogens is 2. The molecule has 21 heavy (non-hydrogen) atoms. The van der Waals surface area contributed by atoms with Gasteiger partial charge in [-0.25, -0.2) is 9.97 Å². The Morgan fingerprint density at radius 2 is 2.29 bits per heavy atom. The van der Waals surface area contributed by atoms with Gasteiger partial charge >= 0.3 is 0 Å². The van der Waals surface area contributed by atoms with Gasteiger partial charge in [0.05, 0.1) is 18.2 Å². The van der Waals surface area contributed by atoms with Crippen molar-refractivity contribution in [2.75, 3.05) is 42.4 Å². The van der Waals surface area contributed by atoms with Crippen LogP contribution in [-0.2, 0) is 4.74 Å². The number of hydrogen-bond donors (Lipinski definition) is 3. The zero-order valence-electron chi connectivity index (χ0n) is 12.6. The van der Waals surface area contributed by atoms with E-state index in [1.807, 2.05) is 19.2 Å². The molecule has 6 nitrogen and oxygen atoms in total. The first kappa shape index (κ1) is 16.3. The van der Waals surface area contributed by atoms with Crippen LogP contribution in [0.4, 0.5) is 11.6 Å². The van der Waals surface area contributed by atoms with Crippen molar-refractivity contribution in [1.29, 1.82) is 0 Å². The van der Waals surface area contributed by atoms with Crippen LogP contribution in [0.3, 0.4) is 0 Å². The van der Waals surface area contributed by atoms with E-state index in [1.165, 1.54) is 6.33 Å². The molecule has 2 heterocycles. The molecule has 7 heteroatoms. The van der Waals surface area contributed by atoms with Gasteiger partial charge in [-0.05, 0) is 26.0 Å². The van der Waals surface area contributed by atoms with Crippen LogP contribution < -0.4 is 10.6 Å². The van der Waals surface area contributed by atoms with Crippen molar-refractivity contribution in [2.24, 2.45) is 0 Å². The molecule has 1 fully saturated rings. The predicted molar refractivity (Wildman–Crippen MR) is 87.0 cm³/mol. The van der Waals surface area contributed by atoms with Gasteiger partial charge in [0, 0.05) is 25.0 Å². The van der Waals surface area contributed by atoms with E-state index in [0.717, 1.165) is 31.9 Å². The average Bonchev–Trinajstić information content (AvgIpc) is 2.47. The molecule has 0 aliphatic carbocycles. The van der Waals surface area contributed by atoms with Gasteiger partial charge in [0.15, 0.2) is 0 Å². The molecule has 1 aliphatic rings. The number of aliphatic hydroxyl groups is 1. The van der Waals surface area contributed by atoms with Gasteiger partial charge in [-0.3, -0.25) is 0 Å². The smallest absolute Gasteiger partial charge is 0.131 e. The van der Waals surface area contributed by atoms with Crippen LogP contribution in [0.25, 0.3) is 0 Å². The Kier molecular flexibility index (Phi) is 6.08. The number of rotatable bonds is 7. The first-order valence-electron chi connectivity index (χ1n) is 7.20. The number of anilines is 2. The predicted octanol–water partition coefficient (Wildman–Crippen LogP) is 1.59. The molecule has 0 amide bonds. The van der Waals surface area contributed by atoms with Gasteiger partial charge in [-0.15, -0.1) is 0 Å². The van der Waals surface area contributed by atoms with Crippen LogP contribution >= 0.6 is 11.8 Å². The minimum atomic E-state index is -0.755. The average molecular weight is 312 g/mol. The topological polar surface area (TPSA) is 79.3 Å². The minimum Gasteiger partial charge on any atom is -0.387 e. The van der Waals surface area contributed by atoms with E-state index in [9.17, 15) is 5.11 Å². The number of hydrogen-bond acceptors (Lipinski definition) is 7. The quantitative estimate of drug-likeness (QED) is 0.705. The number of ether oxygens (including phenoxy) is 1. The fourth-order valence-corrected chi connectivity index (χ4v) is 2.96. The Morgan fingerprint density at radius 3 is 3.00 bits per heavy atom. The lowest BCUT2D eigenvalue weighted by molar-refractivity contribution is 0.0875. The fraction of sp³-hybridized carbons (Fsp3) is 0.714. The Hall–Kier alpha value is -1.05. The van der Waals surface area contributed by atoms with Crippen molar-refractivity contribution in [3.63, 3.8) is 0 Å². The van der Waals surface area contributed by atoms with E-state index in [-0.39, 0.29) is 0 Å². The molecule has 0 radical (unpaired) electrons. The standard InChI is InChI=1S/C14H24N4O2S/c1-14(19,9-21-2)8-15-12-6-13(17-10-16-12)18-11-4-3-5-20-7-11/h6,10-11,19H,3-5,7-9H2,1-2H3,(H2,15,16,17,18)/t11-,14+/m0/s1. The molecule has 2 atom stereocenters. The second-order valence-electron chi connectivity index (χ2n) is 5.63. The largest absolute Gasteiger partial charge is 0.387 e. The Balaban J connectivity index is 1.88. The van der Waals surface area contributed by atoms with E-state index in [0.29, 0.717) is 24.2 Å². The molecule has 1 aliphatic heterocycles. The summed E-state index contributed by atoms with van der Waals surface area (Å²) in [5, 5.41) is 16.7. The van der Waals surface area contributed by atoms with Crippen LogP contribution in [0.2, 0.25) is 0 Å². The summed E-state index contributed by atoms with van der Waals surface area (Å²) >= 11 is 1.62. The second kappa shape index (κ2) is 7.82. The summed E-state index contributed by atoms with van der Waals surface area (Å²) in [5.74, 6) is 2.17. The molecular formula is C14H24N4O2S. The highest BCUT2D eigenvalue weighted by Crippen LogP contribution is 2.16. The van der Waals surface area contributed by atoms with Gasteiger partial charge in [0.1, 0.15) is 18.0 Å². The Morgan fingerprint density at radius 1 is 1.48 bits per heavy atom. The summed E-state index contributed by atoms with van der Waals surface area (Å²) in [7, 11) is 0. The molecule has 1 saturated heterocycles. The van der Waals surface area contributed by atoms with Crippen LogP contribution in [0, 0.1) is 0 Å². The summed E-state index contributed by atoms with van der Waals surface area (Å²) in [6.45, 7) is 3.83. The van der Waals surface area contributed by atoms with Crippen molar-refractivity contribution in [1.82, 2.24) is 9.97 Å². The molecule has 0 saturated carbocycles. The summed E-state index contributed by atoms with van der Waals surface area (Å²) < 4.78 is 5.45. The Labute approximate surface area is 130 Å². The first-order valence-corrected chi connectivity index (χ1v) is 8.60. The Bertz CT molecular complexity index is 439. The lowest BCUT2D eigenvalue weighted by Crippen LogP contribution is -2.36. The summed E-state index contributed by atoms with van der Waals surface area (Å²) in [5.41, 5.74) is -0.755. The third-order valence-electron chi connectivity index (χ3n) is 3.29. The van der Waals surface area contributed by atoms with Crippen molar-refractivity contribution in [2.45, 2.75) is 31.4 Å². The molecule has 3 N–H and O–H groups in total. The SMILES string of the molecule is CSC[C@](C)(O)CNc1cc(N[C@H]2CCCOC2)ncn1. The second-order valence-corrected chi connectivity index (χ2v) is 6.50. The zero-order chi connectivity index (χ0) is 15.1. The van der Waals surface area contributed by atoms with E-state index >= 15 is 0 Å². The molecule has 0 spiro atoms. The highest BCUT2D eigenvalue weighted by Gasteiger charge is 2.19. The highest BCUT2D eigenvalue weighted by molar-refractivity contribution is 7.98. The molecule has 2 rings (SSSR count). The van der Waals surface area contributed by atoms with Crippen molar-refractivity contribution >= 4 is 23.4 Å². The van der Waals surface area contributed by atoms with Gasteiger partial charge in [0.2, 0.25) is 0 Å². The van der Waals surface area contributed by atoms with Crippen LogP contribution in [0.1, 0.15) is 19.8 Å². The van der Waals surface area contributed by atoms with Gasteiger partial charge in [-0.1, -0.05) is 0 Å². The normalized spacial score (nSPS) is 21.6. The first-order chi connectivity index (χ1) is 10.1. The van der Waals surface area contributed by atoms with Crippen molar-refractivity contribution in [3.8, 4) is 0 Å². The molecule has 1 aromatic rings. The highest BCUT2D eigenvalue weighted by atomic mass is 32.2. The van der Waals surface area contributed by atoms with E-state index < -0.39 is 5.60 Å². The third-order valence-corrected chi connectivity index (χ3v) is 4.20. The summed E-state index contributed by atoms with van der Waals surface area (Å²) in [6.07, 6.45) is 5.67. The molecule has 118 valence electrons. The maximum atomic E-state index is 10.1. The van der Waals surface area contributed by atoms with E-state index in [1.54, 1.807) is 11.8 Å².